The highest BCUT2D eigenvalue weighted by molar-refractivity contribution is 6.18. The number of hydrogen-bond acceptors (Lipinski definition) is 6. The fourth-order valence-corrected chi connectivity index (χ4v) is 1.58. The first-order valence-corrected chi connectivity index (χ1v) is 5.92. The number of allylic oxidation sites excluding steroid dienone is 4. The zero-order chi connectivity index (χ0) is 15.4. The van der Waals surface area contributed by atoms with Gasteiger partial charge in [-0.25, -0.2) is 4.79 Å². The van der Waals surface area contributed by atoms with Gasteiger partial charge in [0.1, 0.15) is 5.71 Å². The summed E-state index contributed by atoms with van der Waals surface area (Å²) in [6, 6.07) is 5.13. The molecular formula is C14H10N2O5. The number of benzene rings is 1. The van der Waals surface area contributed by atoms with Gasteiger partial charge in [0.15, 0.2) is 5.78 Å². The number of nitrogens with zero attached hydrogens (tertiary/aromatic N) is 2. The van der Waals surface area contributed by atoms with Crippen molar-refractivity contribution in [1.82, 2.24) is 0 Å². The molecule has 0 saturated carbocycles. The van der Waals surface area contributed by atoms with Crippen molar-refractivity contribution in [3.8, 4) is 0 Å². The van der Waals surface area contributed by atoms with Crippen molar-refractivity contribution in [2.24, 2.45) is 5.16 Å². The lowest BCUT2D eigenvalue weighted by Crippen LogP contribution is -2.07. The highest BCUT2D eigenvalue weighted by atomic mass is 16.7. The van der Waals surface area contributed by atoms with Gasteiger partial charge < -0.3 is 4.84 Å². The van der Waals surface area contributed by atoms with Crippen molar-refractivity contribution in [3.63, 3.8) is 0 Å². The third-order valence-electron chi connectivity index (χ3n) is 2.69. The highest BCUT2D eigenvalue weighted by Gasteiger charge is 2.13. The molecule has 0 radical (unpaired) electrons. The number of ketones is 1. The van der Waals surface area contributed by atoms with Crippen molar-refractivity contribution in [2.75, 3.05) is 0 Å². The number of non-ortho nitro benzene ring substituents is 1. The molecule has 0 aliphatic heterocycles. The van der Waals surface area contributed by atoms with Gasteiger partial charge >= 0.3 is 5.97 Å². The number of carbonyl (C=O) groups is 2. The van der Waals surface area contributed by atoms with Crippen LogP contribution < -0.4 is 0 Å². The molecule has 0 unspecified atom stereocenters. The van der Waals surface area contributed by atoms with Crippen LogP contribution in [0.25, 0.3) is 0 Å². The number of rotatable bonds is 3. The molecule has 0 aromatic heterocycles. The Morgan fingerprint density at radius 3 is 2.76 bits per heavy atom. The minimum absolute atomic E-state index is 0.0186. The van der Waals surface area contributed by atoms with E-state index in [9.17, 15) is 19.7 Å². The van der Waals surface area contributed by atoms with Crippen molar-refractivity contribution in [1.29, 1.82) is 0 Å². The summed E-state index contributed by atoms with van der Waals surface area (Å²) in [5.41, 5.74) is 0.592. The lowest BCUT2D eigenvalue weighted by molar-refractivity contribution is -0.384. The maximum atomic E-state index is 11.7. The van der Waals surface area contributed by atoms with Gasteiger partial charge in [0.25, 0.3) is 5.69 Å². The Labute approximate surface area is 119 Å². The topological polar surface area (TPSA) is 98.9 Å². The van der Waals surface area contributed by atoms with E-state index in [0.29, 0.717) is 11.3 Å². The number of carbonyl (C=O) groups excluding carboxylic acids is 2. The molecule has 0 spiro atoms. The summed E-state index contributed by atoms with van der Waals surface area (Å²) in [7, 11) is 0. The Hall–Kier alpha value is -3.09. The second kappa shape index (κ2) is 5.91. The maximum Gasteiger partial charge on any atom is 0.366 e. The van der Waals surface area contributed by atoms with E-state index in [4.69, 9.17) is 4.84 Å². The maximum absolute atomic E-state index is 11.7. The molecule has 1 aromatic rings. The second-order valence-electron chi connectivity index (χ2n) is 4.23. The lowest BCUT2D eigenvalue weighted by Gasteiger charge is -2.03. The Morgan fingerprint density at radius 1 is 1.33 bits per heavy atom. The number of nitro groups is 1. The Bertz CT molecular complexity index is 716. The van der Waals surface area contributed by atoms with Crippen LogP contribution >= 0.6 is 0 Å². The molecule has 2 rings (SSSR count). The van der Waals surface area contributed by atoms with E-state index in [-0.39, 0.29) is 17.0 Å². The summed E-state index contributed by atoms with van der Waals surface area (Å²) in [6.07, 6.45) is 4.20. The SMILES string of the molecule is CC1=C/C(=N\OC(=O)c2cccc([N+](=O)[O-])c2)C=CC1=O. The summed E-state index contributed by atoms with van der Waals surface area (Å²) in [6.45, 7) is 1.61. The molecule has 0 saturated heterocycles. The number of nitro benzene ring substituents is 1. The normalized spacial score (nSPS) is 15.8. The summed E-state index contributed by atoms with van der Waals surface area (Å²) >= 11 is 0. The standard InChI is InChI=1S/C14H10N2O5/c1-9-7-11(5-6-13(9)17)15-21-14(18)10-3-2-4-12(8-10)16(19)20/h2-8H,1H3/b15-11-. The largest absolute Gasteiger partial charge is 0.366 e. The molecular weight excluding hydrogens is 276 g/mol. The zero-order valence-electron chi connectivity index (χ0n) is 11.0. The van der Waals surface area contributed by atoms with Crippen molar-refractivity contribution >= 4 is 23.2 Å². The average Bonchev–Trinajstić information content (AvgIpc) is 2.48. The third kappa shape index (κ3) is 3.47. The number of oxime groups is 1. The molecule has 21 heavy (non-hydrogen) atoms. The Kier molecular flexibility index (Phi) is 4.03. The van der Waals surface area contributed by atoms with Gasteiger partial charge in [-0.2, -0.15) is 0 Å². The van der Waals surface area contributed by atoms with E-state index >= 15 is 0 Å². The van der Waals surface area contributed by atoms with Gasteiger partial charge in [0, 0.05) is 12.1 Å². The molecule has 1 aliphatic carbocycles. The minimum atomic E-state index is -0.817. The molecule has 0 N–H and O–H groups in total. The molecule has 0 bridgehead atoms. The van der Waals surface area contributed by atoms with Crippen LogP contribution in [-0.2, 0) is 9.63 Å². The van der Waals surface area contributed by atoms with E-state index in [1.165, 1.54) is 36.4 Å². The molecule has 0 heterocycles. The molecule has 1 aromatic carbocycles. The summed E-state index contributed by atoms with van der Waals surface area (Å²) in [5.74, 6) is -0.957. The van der Waals surface area contributed by atoms with Crippen molar-refractivity contribution in [3.05, 3.63) is 63.7 Å². The molecule has 0 amide bonds. The highest BCUT2D eigenvalue weighted by Crippen LogP contribution is 2.14. The number of hydrogen-bond donors (Lipinski definition) is 0. The van der Waals surface area contributed by atoms with Crippen LogP contribution in [0.2, 0.25) is 0 Å². The van der Waals surface area contributed by atoms with E-state index in [2.05, 4.69) is 5.16 Å². The minimum Gasteiger partial charge on any atom is -0.312 e. The zero-order valence-corrected chi connectivity index (χ0v) is 11.0. The quantitative estimate of drug-likeness (QED) is 0.367. The monoisotopic (exact) mass is 286 g/mol. The Morgan fingerprint density at radius 2 is 2.10 bits per heavy atom. The van der Waals surface area contributed by atoms with E-state index in [1.54, 1.807) is 6.92 Å². The molecule has 106 valence electrons. The van der Waals surface area contributed by atoms with E-state index in [1.807, 2.05) is 0 Å². The van der Waals surface area contributed by atoms with Crippen LogP contribution in [0.1, 0.15) is 17.3 Å². The Balaban J connectivity index is 2.12. The predicted octanol–water partition coefficient (Wildman–Crippen LogP) is 2.19. The van der Waals surface area contributed by atoms with Crippen LogP contribution in [0, 0.1) is 10.1 Å². The first kappa shape index (κ1) is 14.3. The van der Waals surface area contributed by atoms with Crippen molar-refractivity contribution < 1.29 is 19.3 Å². The summed E-state index contributed by atoms with van der Waals surface area (Å²) < 4.78 is 0. The average molecular weight is 286 g/mol. The molecule has 7 heteroatoms. The smallest absolute Gasteiger partial charge is 0.312 e. The first-order valence-electron chi connectivity index (χ1n) is 5.92. The van der Waals surface area contributed by atoms with Crippen LogP contribution in [0.4, 0.5) is 5.69 Å². The summed E-state index contributed by atoms with van der Waals surface area (Å²) in [5, 5.41) is 14.2. The van der Waals surface area contributed by atoms with Gasteiger partial charge in [-0.1, -0.05) is 11.2 Å². The predicted molar refractivity (Wildman–Crippen MR) is 73.9 cm³/mol. The molecule has 0 atom stereocenters. The lowest BCUT2D eigenvalue weighted by atomic mass is 10.1. The second-order valence-corrected chi connectivity index (χ2v) is 4.23. The third-order valence-corrected chi connectivity index (χ3v) is 2.69. The molecule has 1 aliphatic rings. The van der Waals surface area contributed by atoms with E-state index in [0.717, 1.165) is 6.07 Å². The van der Waals surface area contributed by atoms with E-state index < -0.39 is 10.9 Å². The van der Waals surface area contributed by atoms with Crippen LogP contribution in [-0.4, -0.2) is 22.4 Å². The summed E-state index contributed by atoms with van der Waals surface area (Å²) in [4.78, 5) is 37.7. The van der Waals surface area contributed by atoms with Gasteiger partial charge in [-0.15, -0.1) is 0 Å². The fourth-order valence-electron chi connectivity index (χ4n) is 1.58. The first-order chi connectivity index (χ1) is 9.97. The van der Waals surface area contributed by atoms with Crippen LogP contribution in [0.3, 0.4) is 0 Å². The van der Waals surface area contributed by atoms with Gasteiger partial charge in [-0.05, 0) is 36.8 Å². The van der Waals surface area contributed by atoms with Gasteiger partial charge in [0.05, 0.1) is 10.5 Å². The van der Waals surface area contributed by atoms with Crippen molar-refractivity contribution in [2.45, 2.75) is 6.92 Å². The molecule has 0 fully saturated rings. The van der Waals surface area contributed by atoms with Crippen LogP contribution in [0.15, 0.2) is 53.2 Å². The van der Waals surface area contributed by atoms with Gasteiger partial charge in [-0.3, -0.25) is 14.9 Å². The van der Waals surface area contributed by atoms with Crippen LogP contribution in [0.5, 0.6) is 0 Å². The fraction of sp³-hybridized carbons (Fsp3) is 0.0714. The molecule has 7 nitrogen and oxygen atoms in total. The van der Waals surface area contributed by atoms with Gasteiger partial charge in [0.2, 0.25) is 0 Å².